The van der Waals surface area contributed by atoms with Crippen molar-refractivity contribution in [3.63, 3.8) is 0 Å². The van der Waals surface area contributed by atoms with E-state index in [0.717, 1.165) is 23.6 Å². The van der Waals surface area contributed by atoms with Crippen molar-refractivity contribution in [1.82, 2.24) is 4.98 Å². The fourth-order valence-electron chi connectivity index (χ4n) is 3.30. The van der Waals surface area contributed by atoms with Crippen LogP contribution in [0, 0.1) is 0 Å². The SMILES string of the molecule is O=C1C2=C(CCCC2)C(=O)N1c1c(Cl)ccc2cnccc12. The molecule has 2 heterocycles. The van der Waals surface area contributed by atoms with E-state index in [9.17, 15) is 9.59 Å². The van der Waals surface area contributed by atoms with Crippen LogP contribution < -0.4 is 4.90 Å². The Balaban J connectivity index is 1.92. The molecule has 2 aliphatic rings. The fourth-order valence-corrected chi connectivity index (χ4v) is 3.54. The summed E-state index contributed by atoms with van der Waals surface area (Å²) in [6.45, 7) is 0. The Kier molecular flexibility index (Phi) is 3.01. The van der Waals surface area contributed by atoms with E-state index in [-0.39, 0.29) is 11.8 Å². The van der Waals surface area contributed by atoms with Crippen LogP contribution in [0.1, 0.15) is 25.7 Å². The summed E-state index contributed by atoms with van der Waals surface area (Å²) in [7, 11) is 0. The molecule has 1 aromatic heterocycles. The maximum absolute atomic E-state index is 12.7. The van der Waals surface area contributed by atoms with Gasteiger partial charge in [0.25, 0.3) is 11.8 Å². The minimum atomic E-state index is -0.217. The van der Waals surface area contributed by atoms with Gasteiger partial charge in [-0.3, -0.25) is 14.6 Å². The lowest BCUT2D eigenvalue weighted by Gasteiger charge is -2.19. The molecule has 5 heteroatoms. The van der Waals surface area contributed by atoms with Crippen LogP contribution in [0.5, 0.6) is 0 Å². The van der Waals surface area contributed by atoms with Crippen molar-refractivity contribution in [1.29, 1.82) is 0 Å². The van der Waals surface area contributed by atoms with Crippen molar-refractivity contribution in [2.45, 2.75) is 25.7 Å². The van der Waals surface area contributed by atoms with E-state index in [1.807, 2.05) is 6.07 Å². The molecule has 0 bridgehead atoms. The van der Waals surface area contributed by atoms with Crippen LogP contribution in [-0.2, 0) is 9.59 Å². The van der Waals surface area contributed by atoms with Crippen molar-refractivity contribution >= 4 is 39.9 Å². The molecule has 0 saturated heterocycles. The molecule has 0 fully saturated rings. The second kappa shape index (κ2) is 4.92. The molecule has 0 radical (unpaired) electrons. The second-order valence-electron chi connectivity index (χ2n) is 5.60. The van der Waals surface area contributed by atoms with Gasteiger partial charge in [-0.2, -0.15) is 0 Å². The smallest absolute Gasteiger partial charge is 0.261 e. The number of amides is 2. The number of nitrogens with zero attached hydrogens (tertiary/aromatic N) is 2. The Bertz CT molecular complexity index is 829. The Hall–Kier alpha value is -2.20. The molecule has 1 aliphatic carbocycles. The Morgan fingerprint density at radius 3 is 2.36 bits per heavy atom. The van der Waals surface area contributed by atoms with E-state index in [2.05, 4.69) is 4.98 Å². The molecule has 0 atom stereocenters. The van der Waals surface area contributed by atoms with Crippen LogP contribution >= 0.6 is 11.6 Å². The lowest BCUT2D eigenvalue weighted by Crippen LogP contribution is -2.32. The van der Waals surface area contributed by atoms with E-state index >= 15 is 0 Å². The molecule has 4 rings (SSSR count). The van der Waals surface area contributed by atoms with Gasteiger partial charge in [0.05, 0.1) is 10.7 Å². The fraction of sp³-hybridized carbons (Fsp3) is 0.235. The first-order valence-corrected chi connectivity index (χ1v) is 7.69. The quantitative estimate of drug-likeness (QED) is 0.755. The Morgan fingerprint density at radius 2 is 1.68 bits per heavy atom. The average Bonchev–Trinajstić information content (AvgIpc) is 2.80. The normalized spacial score (nSPS) is 18.3. The summed E-state index contributed by atoms with van der Waals surface area (Å²) in [5, 5.41) is 2.02. The zero-order chi connectivity index (χ0) is 15.3. The molecule has 22 heavy (non-hydrogen) atoms. The number of hydrogen-bond donors (Lipinski definition) is 0. The van der Waals surface area contributed by atoms with Crippen LogP contribution in [0.4, 0.5) is 5.69 Å². The minimum Gasteiger partial charge on any atom is -0.269 e. The Labute approximate surface area is 132 Å². The summed E-state index contributed by atoms with van der Waals surface area (Å²) in [5.41, 5.74) is 1.81. The predicted octanol–water partition coefficient (Wildman–Crippen LogP) is 3.63. The number of hydrogen-bond acceptors (Lipinski definition) is 3. The van der Waals surface area contributed by atoms with E-state index in [0.29, 0.717) is 34.7 Å². The molecule has 0 spiro atoms. The van der Waals surface area contributed by atoms with E-state index < -0.39 is 0 Å². The summed E-state index contributed by atoms with van der Waals surface area (Å²) in [5.74, 6) is -0.433. The van der Waals surface area contributed by atoms with Crippen molar-refractivity contribution in [2.75, 3.05) is 4.90 Å². The molecule has 1 aliphatic heterocycles. The van der Waals surface area contributed by atoms with Gasteiger partial charge in [-0.1, -0.05) is 17.7 Å². The molecular formula is C17H13ClN2O2. The summed E-state index contributed by atoms with van der Waals surface area (Å²) in [6.07, 6.45) is 6.62. The van der Waals surface area contributed by atoms with Gasteiger partial charge in [0.15, 0.2) is 0 Å². The van der Waals surface area contributed by atoms with Gasteiger partial charge in [0.1, 0.15) is 0 Å². The molecular weight excluding hydrogens is 300 g/mol. The van der Waals surface area contributed by atoms with Crippen molar-refractivity contribution in [3.05, 3.63) is 46.8 Å². The minimum absolute atomic E-state index is 0.217. The maximum Gasteiger partial charge on any atom is 0.261 e. The first-order chi connectivity index (χ1) is 10.7. The molecule has 2 amide bonds. The average molecular weight is 313 g/mol. The van der Waals surface area contributed by atoms with E-state index in [4.69, 9.17) is 11.6 Å². The number of rotatable bonds is 1. The monoisotopic (exact) mass is 312 g/mol. The van der Waals surface area contributed by atoms with Gasteiger partial charge >= 0.3 is 0 Å². The van der Waals surface area contributed by atoms with E-state index in [1.165, 1.54) is 4.90 Å². The second-order valence-corrected chi connectivity index (χ2v) is 6.01. The number of anilines is 1. The number of carbonyl (C=O) groups excluding carboxylic acids is 2. The number of carbonyl (C=O) groups is 2. The number of imide groups is 1. The predicted molar refractivity (Wildman–Crippen MR) is 84.7 cm³/mol. The highest BCUT2D eigenvalue weighted by molar-refractivity contribution is 6.41. The molecule has 0 N–H and O–H groups in total. The third-order valence-electron chi connectivity index (χ3n) is 4.36. The molecule has 4 nitrogen and oxygen atoms in total. The van der Waals surface area contributed by atoms with Crippen LogP contribution in [0.25, 0.3) is 10.8 Å². The highest BCUT2D eigenvalue weighted by Gasteiger charge is 2.41. The van der Waals surface area contributed by atoms with Gasteiger partial charge in [-0.25, -0.2) is 4.90 Å². The maximum atomic E-state index is 12.7. The topological polar surface area (TPSA) is 50.3 Å². The summed E-state index contributed by atoms with van der Waals surface area (Å²) < 4.78 is 0. The van der Waals surface area contributed by atoms with Gasteiger partial charge < -0.3 is 0 Å². The molecule has 1 aromatic carbocycles. The largest absolute Gasteiger partial charge is 0.269 e. The standard InChI is InChI=1S/C17H13ClN2O2/c18-14-6-5-10-9-19-8-7-11(10)15(14)20-16(21)12-3-1-2-4-13(12)17(20)22/h5-9H,1-4H2. The number of halogens is 1. The summed E-state index contributed by atoms with van der Waals surface area (Å²) in [4.78, 5) is 30.8. The van der Waals surface area contributed by atoms with Gasteiger partial charge in [-0.15, -0.1) is 0 Å². The van der Waals surface area contributed by atoms with Crippen LogP contribution in [0.3, 0.4) is 0 Å². The van der Waals surface area contributed by atoms with Gasteiger partial charge in [0, 0.05) is 34.3 Å². The third-order valence-corrected chi connectivity index (χ3v) is 4.66. The highest BCUT2D eigenvalue weighted by atomic mass is 35.5. The van der Waals surface area contributed by atoms with Crippen molar-refractivity contribution < 1.29 is 9.59 Å². The van der Waals surface area contributed by atoms with Crippen LogP contribution in [0.15, 0.2) is 41.7 Å². The number of aromatic nitrogens is 1. The first-order valence-electron chi connectivity index (χ1n) is 7.31. The van der Waals surface area contributed by atoms with Gasteiger partial charge in [-0.05, 0) is 37.8 Å². The number of pyridine rings is 1. The van der Waals surface area contributed by atoms with Crippen molar-refractivity contribution in [2.24, 2.45) is 0 Å². The number of fused-ring (bicyclic) bond motifs is 1. The molecule has 0 saturated carbocycles. The third kappa shape index (κ3) is 1.80. The highest BCUT2D eigenvalue weighted by Crippen LogP contribution is 2.41. The summed E-state index contributed by atoms with van der Waals surface area (Å²) in [6, 6.07) is 5.33. The van der Waals surface area contributed by atoms with Crippen LogP contribution in [-0.4, -0.2) is 16.8 Å². The lowest BCUT2D eigenvalue weighted by molar-refractivity contribution is -0.120. The van der Waals surface area contributed by atoms with Crippen molar-refractivity contribution in [3.8, 4) is 0 Å². The van der Waals surface area contributed by atoms with Gasteiger partial charge in [0.2, 0.25) is 0 Å². The lowest BCUT2D eigenvalue weighted by atomic mass is 9.93. The van der Waals surface area contributed by atoms with E-state index in [1.54, 1.807) is 24.5 Å². The number of benzene rings is 1. The Morgan fingerprint density at radius 1 is 1.00 bits per heavy atom. The molecule has 0 unspecified atom stereocenters. The zero-order valence-electron chi connectivity index (χ0n) is 11.8. The zero-order valence-corrected chi connectivity index (χ0v) is 12.6. The molecule has 110 valence electrons. The summed E-state index contributed by atoms with van der Waals surface area (Å²) >= 11 is 6.33. The molecule has 2 aromatic rings. The first kappa shape index (κ1) is 13.5. The van der Waals surface area contributed by atoms with Crippen LogP contribution in [0.2, 0.25) is 5.02 Å².